The molecule has 0 aliphatic rings. The Balaban J connectivity index is 2.33. The molecule has 3 N–H and O–H groups in total. The number of nitrogens with zero attached hydrogens (tertiary/aromatic N) is 1. The van der Waals surface area contributed by atoms with Crippen molar-refractivity contribution in [2.75, 3.05) is 0 Å². The summed E-state index contributed by atoms with van der Waals surface area (Å²) < 4.78 is 0. The molecule has 0 fully saturated rings. The minimum atomic E-state index is 0.662. The molecule has 0 bridgehead atoms. The molecule has 2 aromatic rings. The second kappa shape index (κ2) is 5.27. The van der Waals surface area contributed by atoms with Crippen LogP contribution in [-0.4, -0.2) is 5.84 Å². The molecule has 0 saturated heterocycles. The third-order valence-corrected chi connectivity index (χ3v) is 2.46. The summed E-state index contributed by atoms with van der Waals surface area (Å²) in [6.07, 6.45) is 0. The molecule has 0 amide bonds. The summed E-state index contributed by atoms with van der Waals surface area (Å²) in [6, 6.07) is 17.8. The van der Waals surface area contributed by atoms with Gasteiger partial charge in [-0.1, -0.05) is 48.0 Å². The number of benzene rings is 2. The summed E-state index contributed by atoms with van der Waals surface area (Å²) in [7, 11) is 0. The molecule has 86 valence electrons. The van der Waals surface area contributed by atoms with E-state index in [1.807, 2.05) is 61.5 Å². The first kappa shape index (κ1) is 11.4. The van der Waals surface area contributed by atoms with Crippen molar-refractivity contribution in [2.24, 2.45) is 10.8 Å². The van der Waals surface area contributed by atoms with E-state index in [0.29, 0.717) is 5.84 Å². The predicted molar refractivity (Wildman–Crippen MR) is 71.1 cm³/mol. The molecule has 3 nitrogen and oxygen atoms in total. The molecule has 17 heavy (non-hydrogen) atoms. The van der Waals surface area contributed by atoms with Gasteiger partial charge in [-0.25, -0.2) is 10.8 Å². The van der Waals surface area contributed by atoms with Crippen LogP contribution in [0.5, 0.6) is 0 Å². The maximum absolute atomic E-state index is 5.50. The van der Waals surface area contributed by atoms with E-state index in [9.17, 15) is 0 Å². The van der Waals surface area contributed by atoms with Crippen molar-refractivity contribution < 1.29 is 0 Å². The quantitative estimate of drug-likeness (QED) is 0.357. The first-order chi connectivity index (χ1) is 8.29. The van der Waals surface area contributed by atoms with Crippen LogP contribution in [-0.2, 0) is 0 Å². The zero-order chi connectivity index (χ0) is 12.1. The van der Waals surface area contributed by atoms with E-state index in [1.54, 1.807) is 0 Å². The maximum atomic E-state index is 5.50. The van der Waals surface area contributed by atoms with Gasteiger partial charge in [0.2, 0.25) is 0 Å². The molecule has 0 atom stereocenters. The Morgan fingerprint density at radius 1 is 1.00 bits per heavy atom. The number of hydrogen-bond donors (Lipinski definition) is 2. The molecule has 3 heteroatoms. The average Bonchev–Trinajstić information content (AvgIpc) is 2.39. The average molecular weight is 225 g/mol. The molecule has 0 saturated carbocycles. The highest BCUT2D eigenvalue weighted by molar-refractivity contribution is 5.99. The molecule has 0 radical (unpaired) electrons. The Morgan fingerprint density at radius 3 is 2.24 bits per heavy atom. The molecule has 0 aromatic heterocycles. The number of nitrogens with one attached hydrogen (secondary N) is 1. The Morgan fingerprint density at radius 2 is 1.65 bits per heavy atom. The predicted octanol–water partition coefficient (Wildman–Crippen LogP) is 2.54. The Hall–Kier alpha value is -2.13. The lowest BCUT2D eigenvalue weighted by atomic mass is 10.2. The smallest absolute Gasteiger partial charge is 0.147 e. The molecule has 0 spiro atoms. The summed E-state index contributed by atoms with van der Waals surface area (Å²) >= 11 is 0. The van der Waals surface area contributed by atoms with Gasteiger partial charge in [-0.15, -0.1) is 0 Å². The summed E-state index contributed by atoms with van der Waals surface area (Å²) in [5, 5.41) is 0. The van der Waals surface area contributed by atoms with E-state index in [-0.39, 0.29) is 0 Å². The van der Waals surface area contributed by atoms with Crippen LogP contribution in [0.25, 0.3) is 0 Å². The number of hydrogen-bond acceptors (Lipinski definition) is 2. The van der Waals surface area contributed by atoms with Crippen LogP contribution in [0.1, 0.15) is 11.1 Å². The lowest BCUT2D eigenvalue weighted by molar-refractivity contribution is 1.02. The zero-order valence-corrected chi connectivity index (χ0v) is 9.72. The number of nitrogens with two attached hydrogens (primary N) is 1. The van der Waals surface area contributed by atoms with Gasteiger partial charge >= 0.3 is 0 Å². The van der Waals surface area contributed by atoms with Gasteiger partial charge in [0.05, 0.1) is 5.69 Å². The normalized spacial score (nSPS) is 11.3. The lowest BCUT2D eigenvalue weighted by Crippen LogP contribution is -2.30. The summed E-state index contributed by atoms with van der Waals surface area (Å²) in [4.78, 5) is 4.47. The highest BCUT2D eigenvalue weighted by Gasteiger charge is 2.00. The molecule has 0 aliphatic heterocycles. The maximum Gasteiger partial charge on any atom is 0.147 e. The van der Waals surface area contributed by atoms with Crippen molar-refractivity contribution in [3.05, 3.63) is 65.7 Å². The van der Waals surface area contributed by atoms with Gasteiger partial charge in [-0.3, -0.25) is 0 Å². The van der Waals surface area contributed by atoms with E-state index < -0.39 is 0 Å². The second-order valence-corrected chi connectivity index (χ2v) is 3.81. The molecular weight excluding hydrogens is 210 g/mol. The van der Waals surface area contributed by atoms with Gasteiger partial charge < -0.3 is 5.43 Å². The lowest BCUT2D eigenvalue weighted by Gasteiger charge is -2.05. The molecular formula is C14H15N3. The van der Waals surface area contributed by atoms with Crippen molar-refractivity contribution in [1.82, 2.24) is 5.43 Å². The van der Waals surface area contributed by atoms with Gasteiger partial charge in [-0.2, -0.15) is 0 Å². The van der Waals surface area contributed by atoms with Crippen LogP contribution in [0.3, 0.4) is 0 Å². The van der Waals surface area contributed by atoms with Crippen molar-refractivity contribution in [2.45, 2.75) is 6.92 Å². The highest BCUT2D eigenvalue weighted by Crippen LogP contribution is 2.14. The van der Waals surface area contributed by atoms with Crippen LogP contribution in [0, 0.1) is 6.92 Å². The van der Waals surface area contributed by atoms with Gasteiger partial charge in [0.15, 0.2) is 0 Å². The van der Waals surface area contributed by atoms with Gasteiger partial charge in [0.25, 0.3) is 0 Å². The molecule has 0 aliphatic carbocycles. The fourth-order valence-electron chi connectivity index (χ4n) is 1.52. The molecule has 2 aromatic carbocycles. The van der Waals surface area contributed by atoms with Crippen molar-refractivity contribution in [3.8, 4) is 0 Å². The number of rotatable bonds is 2. The Bertz CT molecular complexity index is 501. The van der Waals surface area contributed by atoms with Crippen molar-refractivity contribution >= 4 is 11.5 Å². The Labute approximate surface area is 101 Å². The van der Waals surface area contributed by atoms with Gasteiger partial charge in [0, 0.05) is 5.56 Å². The highest BCUT2D eigenvalue weighted by atomic mass is 15.2. The fraction of sp³-hybridized carbons (Fsp3) is 0.0714. The van der Waals surface area contributed by atoms with Crippen molar-refractivity contribution in [3.63, 3.8) is 0 Å². The molecule has 0 heterocycles. The third-order valence-electron chi connectivity index (χ3n) is 2.46. The largest absolute Gasteiger partial charge is 0.308 e. The van der Waals surface area contributed by atoms with Crippen LogP contribution in [0.4, 0.5) is 5.69 Å². The molecule has 0 unspecified atom stereocenters. The monoisotopic (exact) mass is 225 g/mol. The number of hydrazine groups is 1. The summed E-state index contributed by atoms with van der Waals surface area (Å²) in [5.41, 5.74) is 5.70. The van der Waals surface area contributed by atoms with Crippen LogP contribution >= 0.6 is 0 Å². The SMILES string of the molecule is Cc1ccc(N=C(NN)c2ccccc2)cc1. The third kappa shape index (κ3) is 2.92. The van der Waals surface area contributed by atoms with E-state index in [0.717, 1.165) is 11.3 Å². The minimum Gasteiger partial charge on any atom is -0.308 e. The van der Waals surface area contributed by atoms with Gasteiger partial charge in [0.1, 0.15) is 5.84 Å². The summed E-state index contributed by atoms with van der Waals surface area (Å²) in [5.74, 6) is 6.16. The number of aryl methyl sites for hydroxylation is 1. The van der Waals surface area contributed by atoms with E-state index in [1.165, 1.54) is 5.56 Å². The summed E-state index contributed by atoms with van der Waals surface area (Å²) in [6.45, 7) is 2.05. The fourth-order valence-corrected chi connectivity index (χ4v) is 1.52. The topological polar surface area (TPSA) is 50.4 Å². The first-order valence-corrected chi connectivity index (χ1v) is 5.47. The first-order valence-electron chi connectivity index (χ1n) is 5.47. The minimum absolute atomic E-state index is 0.662. The van der Waals surface area contributed by atoms with E-state index in [2.05, 4.69) is 10.4 Å². The van der Waals surface area contributed by atoms with Crippen LogP contribution in [0.15, 0.2) is 59.6 Å². The Kier molecular flexibility index (Phi) is 3.52. The van der Waals surface area contributed by atoms with Crippen molar-refractivity contribution in [1.29, 1.82) is 0 Å². The zero-order valence-electron chi connectivity index (χ0n) is 9.72. The second-order valence-electron chi connectivity index (χ2n) is 3.81. The van der Waals surface area contributed by atoms with Gasteiger partial charge in [-0.05, 0) is 19.1 Å². The standard InChI is InChI=1S/C14H15N3/c1-11-7-9-13(10-8-11)16-14(17-15)12-5-3-2-4-6-12/h2-10H,15H2,1H3,(H,16,17). The van der Waals surface area contributed by atoms with Crippen LogP contribution in [0.2, 0.25) is 0 Å². The van der Waals surface area contributed by atoms with E-state index in [4.69, 9.17) is 5.84 Å². The molecule has 2 rings (SSSR count). The number of aliphatic imine (C=N–C) groups is 1. The number of amidine groups is 1. The van der Waals surface area contributed by atoms with Crippen LogP contribution < -0.4 is 11.3 Å². The van der Waals surface area contributed by atoms with E-state index >= 15 is 0 Å².